The van der Waals surface area contributed by atoms with Gasteiger partial charge in [0.1, 0.15) is 5.75 Å². The van der Waals surface area contributed by atoms with Gasteiger partial charge in [-0.1, -0.05) is 74.5 Å². The third kappa shape index (κ3) is 4.59. The summed E-state index contributed by atoms with van der Waals surface area (Å²) in [5, 5.41) is 0. The number of allylic oxidation sites excluding steroid dienone is 2. The zero-order chi connectivity index (χ0) is 17.4. The fraction of sp³-hybridized carbons (Fsp3) is 0.273. The molecule has 2 nitrogen and oxygen atoms in total. The van der Waals surface area contributed by atoms with Crippen molar-refractivity contribution in [2.75, 3.05) is 7.11 Å². The third-order valence-electron chi connectivity index (χ3n) is 4.55. The Morgan fingerprint density at radius 3 is 1.71 bits per heavy atom. The first-order chi connectivity index (χ1) is 11.6. The van der Waals surface area contributed by atoms with Gasteiger partial charge >= 0.3 is 0 Å². The van der Waals surface area contributed by atoms with E-state index >= 15 is 0 Å². The van der Waals surface area contributed by atoms with Gasteiger partial charge in [0, 0.05) is 5.54 Å². The van der Waals surface area contributed by atoms with Crippen molar-refractivity contribution in [2.45, 2.75) is 32.2 Å². The van der Waals surface area contributed by atoms with Gasteiger partial charge in [0.15, 0.2) is 0 Å². The van der Waals surface area contributed by atoms with Gasteiger partial charge in [-0.15, -0.1) is 0 Å². The minimum absolute atomic E-state index is 0.212. The molecule has 0 radical (unpaired) electrons. The highest BCUT2D eigenvalue weighted by Gasteiger charge is 2.22. The van der Waals surface area contributed by atoms with E-state index in [1.54, 1.807) is 7.11 Å². The molecule has 0 spiro atoms. The van der Waals surface area contributed by atoms with Crippen LogP contribution < -0.4 is 10.5 Å². The fourth-order valence-electron chi connectivity index (χ4n) is 2.63. The molecule has 0 aliphatic heterocycles. The molecule has 0 fully saturated rings. The average molecular weight is 321 g/mol. The normalized spacial score (nSPS) is 12.2. The summed E-state index contributed by atoms with van der Waals surface area (Å²) >= 11 is 0. The van der Waals surface area contributed by atoms with E-state index in [0.29, 0.717) is 0 Å². The van der Waals surface area contributed by atoms with Crippen LogP contribution in [0.5, 0.6) is 5.75 Å². The van der Waals surface area contributed by atoms with Gasteiger partial charge in [-0.05, 0) is 41.7 Å². The number of nitrogens with two attached hydrogens (primary N) is 1. The summed E-state index contributed by atoms with van der Waals surface area (Å²) in [6.45, 7) is 4.28. The first kappa shape index (κ1) is 18.0. The van der Waals surface area contributed by atoms with Crippen LogP contribution in [0.4, 0.5) is 0 Å². The minimum Gasteiger partial charge on any atom is -0.497 e. The van der Waals surface area contributed by atoms with Crippen molar-refractivity contribution in [3.05, 3.63) is 77.4 Å². The molecule has 0 aliphatic rings. The molecule has 2 heteroatoms. The van der Waals surface area contributed by atoms with Gasteiger partial charge in [0.05, 0.1) is 7.11 Å². The van der Waals surface area contributed by atoms with Gasteiger partial charge < -0.3 is 10.5 Å². The Morgan fingerprint density at radius 2 is 1.29 bits per heavy atom. The van der Waals surface area contributed by atoms with E-state index < -0.39 is 0 Å². The Balaban J connectivity index is 2.00. The highest BCUT2D eigenvalue weighted by Crippen LogP contribution is 2.25. The van der Waals surface area contributed by atoms with Crippen LogP contribution in [0, 0.1) is 0 Å². The summed E-state index contributed by atoms with van der Waals surface area (Å²) in [5.74, 6) is 0.873. The number of methoxy groups -OCH3 is 1. The van der Waals surface area contributed by atoms with Gasteiger partial charge in [-0.25, -0.2) is 0 Å². The number of hydrogen-bond donors (Lipinski definition) is 1. The summed E-state index contributed by atoms with van der Waals surface area (Å²) in [6.07, 6.45) is 10.2. The van der Waals surface area contributed by atoms with Crippen LogP contribution in [-0.4, -0.2) is 7.11 Å². The van der Waals surface area contributed by atoms with Crippen LogP contribution in [0.25, 0.3) is 12.2 Å². The molecule has 0 saturated heterocycles. The maximum absolute atomic E-state index is 6.44. The summed E-state index contributed by atoms with van der Waals surface area (Å²) in [7, 11) is 1.68. The molecule has 24 heavy (non-hydrogen) atoms. The van der Waals surface area contributed by atoms with Crippen molar-refractivity contribution in [2.24, 2.45) is 5.73 Å². The predicted octanol–water partition coefficient (Wildman–Crippen LogP) is 5.40. The van der Waals surface area contributed by atoms with Gasteiger partial charge in [0.2, 0.25) is 0 Å². The minimum atomic E-state index is -0.212. The number of hydrogen-bond acceptors (Lipinski definition) is 2. The lowest BCUT2D eigenvalue weighted by Gasteiger charge is -2.27. The van der Waals surface area contributed by atoms with Gasteiger partial charge in [-0.2, -0.15) is 0 Å². The van der Waals surface area contributed by atoms with Crippen molar-refractivity contribution in [1.29, 1.82) is 0 Å². The van der Waals surface area contributed by atoms with Crippen LogP contribution in [0.3, 0.4) is 0 Å². The lowest BCUT2D eigenvalue weighted by molar-refractivity contribution is 0.413. The third-order valence-corrected chi connectivity index (χ3v) is 4.55. The maximum Gasteiger partial charge on any atom is 0.118 e. The SMILES string of the molecule is CCC(N)(CC)c1ccc(/C=C/C=C/c2ccc(OC)cc2)cc1. The highest BCUT2D eigenvalue weighted by atomic mass is 16.5. The Labute approximate surface area is 145 Å². The van der Waals surface area contributed by atoms with Crippen molar-refractivity contribution in [3.63, 3.8) is 0 Å². The van der Waals surface area contributed by atoms with Crippen molar-refractivity contribution in [1.82, 2.24) is 0 Å². The molecule has 0 saturated carbocycles. The summed E-state index contributed by atoms with van der Waals surface area (Å²) < 4.78 is 5.16. The molecule has 2 rings (SSSR count). The van der Waals surface area contributed by atoms with E-state index in [1.807, 2.05) is 30.3 Å². The molecular weight excluding hydrogens is 294 g/mol. The van der Waals surface area contributed by atoms with E-state index in [1.165, 1.54) is 11.1 Å². The smallest absolute Gasteiger partial charge is 0.118 e. The molecule has 0 amide bonds. The maximum atomic E-state index is 6.44. The Hall–Kier alpha value is -2.32. The molecule has 126 valence electrons. The van der Waals surface area contributed by atoms with E-state index in [0.717, 1.165) is 24.2 Å². The van der Waals surface area contributed by atoms with Crippen molar-refractivity contribution < 1.29 is 4.74 Å². The Morgan fingerprint density at radius 1 is 0.833 bits per heavy atom. The molecule has 0 unspecified atom stereocenters. The molecular formula is C22H27NO. The fourth-order valence-corrected chi connectivity index (χ4v) is 2.63. The largest absolute Gasteiger partial charge is 0.497 e. The molecule has 0 aliphatic carbocycles. The molecule has 2 aromatic carbocycles. The van der Waals surface area contributed by atoms with E-state index in [4.69, 9.17) is 10.5 Å². The number of rotatable bonds is 7. The van der Waals surface area contributed by atoms with Crippen LogP contribution in [0.2, 0.25) is 0 Å². The van der Waals surface area contributed by atoms with E-state index in [9.17, 15) is 0 Å². The summed E-state index contributed by atoms with van der Waals surface area (Å²) in [4.78, 5) is 0. The van der Waals surface area contributed by atoms with Crippen LogP contribution >= 0.6 is 0 Å². The van der Waals surface area contributed by atoms with Crippen LogP contribution in [0.1, 0.15) is 43.4 Å². The molecule has 0 aromatic heterocycles. The predicted molar refractivity (Wildman–Crippen MR) is 104 cm³/mol. The van der Waals surface area contributed by atoms with Crippen LogP contribution in [0.15, 0.2) is 60.7 Å². The van der Waals surface area contributed by atoms with Crippen molar-refractivity contribution >= 4 is 12.2 Å². The highest BCUT2D eigenvalue weighted by molar-refractivity contribution is 5.57. The second-order valence-electron chi connectivity index (χ2n) is 5.98. The van der Waals surface area contributed by atoms with Gasteiger partial charge in [0.25, 0.3) is 0 Å². The van der Waals surface area contributed by atoms with E-state index in [2.05, 4.69) is 56.3 Å². The lowest BCUT2D eigenvalue weighted by atomic mass is 9.85. The summed E-state index contributed by atoms with van der Waals surface area (Å²) in [6, 6.07) is 16.5. The summed E-state index contributed by atoms with van der Waals surface area (Å²) in [5.41, 5.74) is 9.75. The quantitative estimate of drug-likeness (QED) is 0.693. The monoisotopic (exact) mass is 321 g/mol. The molecule has 2 aromatic rings. The molecule has 0 atom stereocenters. The second kappa shape index (κ2) is 8.51. The van der Waals surface area contributed by atoms with E-state index in [-0.39, 0.29) is 5.54 Å². The first-order valence-electron chi connectivity index (χ1n) is 8.49. The first-order valence-corrected chi connectivity index (χ1v) is 8.49. The zero-order valence-corrected chi connectivity index (χ0v) is 14.8. The lowest BCUT2D eigenvalue weighted by Crippen LogP contribution is -2.34. The van der Waals surface area contributed by atoms with Crippen molar-refractivity contribution in [3.8, 4) is 5.75 Å². The average Bonchev–Trinajstić information content (AvgIpc) is 2.65. The number of benzene rings is 2. The molecule has 0 heterocycles. The Kier molecular flexibility index (Phi) is 6.39. The Bertz CT molecular complexity index is 677. The zero-order valence-electron chi connectivity index (χ0n) is 14.8. The molecule has 0 bridgehead atoms. The molecule has 2 N–H and O–H groups in total. The topological polar surface area (TPSA) is 35.2 Å². The second-order valence-corrected chi connectivity index (χ2v) is 5.98. The van der Waals surface area contributed by atoms with Gasteiger partial charge in [-0.3, -0.25) is 0 Å². The standard InChI is InChI=1S/C22H27NO/c1-4-22(23,5-2)20-14-10-18(11-15-20)8-6-7-9-19-12-16-21(24-3)17-13-19/h6-17H,4-5,23H2,1-3H3/b8-6+,9-7+. The number of ether oxygens (including phenoxy) is 1. The van der Waals surface area contributed by atoms with Crippen LogP contribution in [-0.2, 0) is 5.54 Å².